The SMILES string of the molecule is CCCCCCCCOC(=O)CP(=O)(C(=O)c1c(C)cc(C)cc1C)C1CCCC1. The molecule has 1 aromatic rings. The first kappa shape index (κ1) is 24.9. The lowest BCUT2D eigenvalue weighted by atomic mass is 10.0. The predicted molar refractivity (Wildman–Crippen MR) is 124 cm³/mol. The Kier molecular flexibility index (Phi) is 9.81. The maximum absolute atomic E-state index is 14.1. The van der Waals surface area contributed by atoms with Crippen LogP contribution in [-0.4, -0.2) is 29.9 Å². The molecule has 0 aliphatic heterocycles. The monoisotopic (exact) mass is 434 g/mol. The van der Waals surface area contributed by atoms with Crippen molar-refractivity contribution in [2.75, 3.05) is 12.8 Å². The molecule has 1 aliphatic carbocycles. The van der Waals surface area contributed by atoms with Crippen LogP contribution in [0.4, 0.5) is 0 Å². The summed E-state index contributed by atoms with van der Waals surface area (Å²) < 4.78 is 19.5. The van der Waals surface area contributed by atoms with Crippen LogP contribution in [0.3, 0.4) is 0 Å². The zero-order valence-electron chi connectivity index (χ0n) is 19.3. The first-order valence-electron chi connectivity index (χ1n) is 11.7. The Bertz CT molecular complexity index is 754. The molecule has 0 bridgehead atoms. The topological polar surface area (TPSA) is 60.4 Å². The zero-order valence-corrected chi connectivity index (χ0v) is 20.2. The van der Waals surface area contributed by atoms with Gasteiger partial charge in [0.15, 0.2) is 7.14 Å². The molecule has 1 aromatic carbocycles. The number of carbonyl (C=O) groups is 2. The van der Waals surface area contributed by atoms with Gasteiger partial charge in [0.05, 0.1) is 6.61 Å². The minimum Gasteiger partial charge on any atom is -0.465 e. The van der Waals surface area contributed by atoms with E-state index in [1.165, 1.54) is 19.3 Å². The number of hydrogen-bond acceptors (Lipinski definition) is 4. The summed E-state index contributed by atoms with van der Waals surface area (Å²) in [6.45, 7) is 8.31. The fraction of sp³-hybridized carbons (Fsp3) is 0.680. The summed E-state index contributed by atoms with van der Waals surface area (Å²) in [6.07, 6.45) is 9.89. The fourth-order valence-corrected chi connectivity index (χ4v) is 7.84. The molecule has 1 saturated carbocycles. The van der Waals surface area contributed by atoms with Crippen LogP contribution in [-0.2, 0) is 14.1 Å². The van der Waals surface area contributed by atoms with Crippen LogP contribution >= 0.6 is 7.14 Å². The molecule has 4 nitrogen and oxygen atoms in total. The summed E-state index contributed by atoms with van der Waals surface area (Å²) in [5, 5.41) is 0. The first-order valence-corrected chi connectivity index (χ1v) is 13.6. The largest absolute Gasteiger partial charge is 0.465 e. The second-order valence-corrected chi connectivity index (χ2v) is 12.0. The van der Waals surface area contributed by atoms with Gasteiger partial charge in [0, 0.05) is 11.2 Å². The third kappa shape index (κ3) is 6.54. The number of esters is 1. The lowest BCUT2D eigenvalue weighted by Gasteiger charge is -2.24. The average molecular weight is 435 g/mol. The van der Waals surface area contributed by atoms with Crippen molar-refractivity contribution in [3.8, 4) is 0 Å². The second-order valence-electron chi connectivity index (χ2n) is 8.96. The molecule has 0 aromatic heterocycles. The lowest BCUT2D eigenvalue weighted by molar-refractivity contribution is -0.140. The number of carbonyl (C=O) groups excluding carboxylic acids is 2. The molecule has 0 N–H and O–H groups in total. The van der Waals surface area contributed by atoms with Gasteiger partial charge < -0.3 is 9.30 Å². The Hall–Kier alpha value is -1.41. The minimum atomic E-state index is -3.39. The molecule has 0 heterocycles. The Morgan fingerprint density at radius 3 is 2.13 bits per heavy atom. The molecule has 1 unspecified atom stereocenters. The number of benzene rings is 1. The van der Waals surface area contributed by atoms with Crippen LogP contribution in [0.5, 0.6) is 0 Å². The molecule has 1 fully saturated rings. The molecule has 5 heteroatoms. The fourth-order valence-electron chi connectivity index (χ4n) is 4.70. The highest BCUT2D eigenvalue weighted by Crippen LogP contribution is 2.59. The van der Waals surface area contributed by atoms with Crippen LogP contribution in [0.1, 0.15) is 98.2 Å². The number of hydrogen-bond donors (Lipinski definition) is 0. The van der Waals surface area contributed by atoms with Gasteiger partial charge in [-0.05, 0) is 51.2 Å². The summed E-state index contributed by atoms with van der Waals surface area (Å²) in [7, 11) is -3.39. The molecule has 2 rings (SSSR count). The summed E-state index contributed by atoms with van der Waals surface area (Å²) >= 11 is 0. The van der Waals surface area contributed by atoms with Gasteiger partial charge in [-0.3, -0.25) is 9.59 Å². The maximum Gasteiger partial charge on any atom is 0.313 e. The lowest BCUT2D eigenvalue weighted by Crippen LogP contribution is -2.22. The van der Waals surface area contributed by atoms with Crippen molar-refractivity contribution in [3.63, 3.8) is 0 Å². The summed E-state index contributed by atoms with van der Waals surface area (Å²) in [5.41, 5.74) is 2.80. The molecule has 0 spiro atoms. The van der Waals surface area contributed by atoms with E-state index < -0.39 is 13.1 Å². The molecule has 1 atom stereocenters. The maximum atomic E-state index is 14.1. The van der Waals surface area contributed by atoms with Gasteiger partial charge >= 0.3 is 5.97 Å². The van der Waals surface area contributed by atoms with Gasteiger partial charge in [-0.15, -0.1) is 0 Å². The number of rotatable bonds is 12. The van der Waals surface area contributed by atoms with Crippen LogP contribution in [0.2, 0.25) is 0 Å². The highest BCUT2D eigenvalue weighted by Gasteiger charge is 2.44. The van der Waals surface area contributed by atoms with Gasteiger partial charge in [0.25, 0.3) is 0 Å². The van der Waals surface area contributed by atoms with Crippen molar-refractivity contribution in [2.24, 2.45) is 0 Å². The van der Waals surface area contributed by atoms with Gasteiger partial charge in [0.2, 0.25) is 5.52 Å². The van der Waals surface area contributed by atoms with Gasteiger partial charge in [-0.1, -0.05) is 69.6 Å². The van der Waals surface area contributed by atoms with E-state index >= 15 is 0 Å². The van der Waals surface area contributed by atoms with Crippen molar-refractivity contribution >= 4 is 18.6 Å². The quantitative estimate of drug-likeness (QED) is 0.203. The van der Waals surface area contributed by atoms with Gasteiger partial charge in [0.1, 0.15) is 6.16 Å². The smallest absolute Gasteiger partial charge is 0.313 e. The van der Waals surface area contributed by atoms with Crippen molar-refractivity contribution in [1.29, 1.82) is 0 Å². The average Bonchev–Trinajstić information content (AvgIpc) is 3.21. The van der Waals surface area contributed by atoms with E-state index in [1.54, 1.807) is 0 Å². The van der Waals surface area contributed by atoms with Crippen molar-refractivity contribution in [3.05, 3.63) is 34.4 Å². The number of ether oxygens (including phenoxy) is 1. The Morgan fingerprint density at radius 2 is 1.53 bits per heavy atom. The minimum absolute atomic E-state index is 0.188. The third-order valence-electron chi connectivity index (χ3n) is 6.27. The van der Waals surface area contributed by atoms with Crippen molar-refractivity contribution in [2.45, 2.75) is 97.6 Å². The van der Waals surface area contributed by atoms with Crippen LogP contribution in [0.25, 0.3) is 0 Å². The molecular weight excluding hydrogens is 395 g/mol. The highest BCUT2D eigenvalue weighted by molar-refractivity contribution is 7.82. The first-order chi connectivity index (χ1) is 14.3. The van der Waals surface area contributed by atoms with Crippen molar-refractivity contribution < 1.29 is 18.9 Å². The predicted octanol–water partition coefficient (Wildman–Crippen LogP) is 6.96. The van der Waals surface area contributed by atoms with Gasteiger partial charge in [-0.2, -0.15) is 0 Å². The van der Waals surface area contributed by atoms with Gasteiger partial charge in [-0.25, -0.2) is 0 Å². The molecule has 0 radical (unpaired) electrons. The highest BCUT2D eigenvalue weighted by atomic mass is 31.2. The summed E-state index contributed by atoms with van der Waals surface area (Å²) in [5.74, 6) is -0.477. The molecule has 1 aliphatic rings. The summed E-state index contributed by atoms with van der Waals surface area (Å²) in [4.78, 5) is 26.1. The van der Waals surface area contributed by atoms with E-state index in [4.69, 9.17) is 4.74 Å². The molecule has 168 valence electrons. The Morgan fingerprint density at radius 1 is 0.967 bits per heavy atom. The molecule has 0 saturated heterocycles. The molecule has 30 heavy (non-hydrogen) atoms. The third-order valence-corrected chi connectivity index (χ3v) is 9.61. The Labute approximate surface area is 182 Å². The zero-order chi connectivity index (χ0) is 22.1. The normalized spacial score (nSPS) is 16.4. The van der Waals surface area contributed by atoms with E-state index in [1.807, 2.05) is 32.9 Å². The van der Waals surface area contributed by atoms with Crippen molar-refractivity contribution in [1.82, 2.24) is 0 Å². The molecule has 0 amide bonds. The van der Waals surface area contributed by atoms with Crippen LogP contribution in [0.15, 0.2) is 12.1 Å². The van der Waals surface area contributed by atoms with Crippen LogP contribution in [0, 0.1) is 20.8 Å². The van der Waals surface area contributed by atoms with E-state index in [9.17, 15) is 14.2 Å². The van der Waals surface area contributed by atoms with E-state index in [-0.39, 0.29) is 17.3 Å². The standard InChI is InChI=1S/C25H39O4P/c1-5-6-7-8-9-12-15-29-23(26)18-30(28,22-13-10-11-14-22)25(27)24-20(3)16-19(2)17-21(24)4/h16-17,22H,5-15,18H2,1-4H3. The Balaban J connectivity index is 2.07. The summed E-state index contributed by atoms with van der Waals surface area (Å²) in [6, 6.07) is 3.91. The number of unbranched alkanes of at least 4 members (excludes halogenated alkanes) is 5. The number of aryl methyl sites for hydroxylation is 3. The molecular formula is C25H39O4P. The second kappa shape index (κ2) is 11.8. The van der Waals surface area contributed by atoms with E-state index in [2.05, 4.69) is 6.92 Å². The van der Waals surface area contributed by atoms with E-state index in [0.717, 1.165) is 61.6 Å². The van der Waals surface area contributed by atoms with E-state index in [0.29, 0.717) is 12.2 Å². The van der Waals surface area contributed by atoms with Crippen LogP contribution < -0.4 is 0 Å².